The molecule has 0 aromatic rings. The summed E-state index contributed by atoms with van der Waals surface area (Å²) in [7, 11) is 0. The van der Waals surface area contributed by atoms with Gasteiger partial charge in [0, 0.05) is 0 Å². The van der Waals surface area contributed by atoms with Crippen molar-refractivity contribution in [2.24, 2.45) is 5.92 Å². The molecule has 3 nitrogen and oxygen atoms in total. The Kier molecular flexibility index (Phi) is 7.35. The molecule has 0 fully saturated rings. The van der Waals surface area contributed by atoms with Gasteiger partial charge in [-0.05, 0) is 45.8 Å². The summed E-state index contributed by atoms with van der Waals surface area (Å²) < 4.78 is 10.6. The number of carbonyl (C=O) groups is 1. The van der Waals surface area contributed by atoms with Crippen LogP contribution in [0.1, 0.15) is 41.5 Å². The molecule has 0 rings (SSSR count). The Labute approximate surface area is 104 Å². The Hall–Kier alpha value is -1.25. The fourth-order valence-corrected chi connectivity index (χ4v) is 1.05. The molecule has 0 bridgehead atoms. The molecule has 0 aromatic carbocycles. The third kappa shape index (κ3) is 8.55. The third-order valence-electron chi connectivity index (χ3n) is 1.76. The van der Waals surface area contributed by atoms with E-state index in [0.717, 1.165) is 5.57 Å². The topological polar surface area (TPSA) is 35.5 Å². The van der Waals surface area contributed by atoms with E-state index in [1.807, 2.05) is 47.6 Å². The molecule has 0 aromatic heterocycles. The van der Waals surface area contributed by atoms with Crippen molar-refractivity contribution in [2.45, 2.75) is 47.6 Å². The Morgan fingerprint density at radius 2 is 1.76 bits per heavy atom. The van der Waals surface area contributed by atoms with Gasteiger partial charge in [-0.3, -0.25) is 0 Å². The molecule has 0 aliphatic heterocycles. The first-order valence-electron chi connectivity index (χ1n) is 6.02. The lowest BCUT2D eigenvalue weighted by Gasteiger charge is -2.12. The fraction of sp³-hybridized carbons (Fsp3) is 0.643. The summed E-state index contributed by atoms with van der Waals surface area (Å²) in [4.78, 5) is 11.7. The lowest BCUT2D eigenvalue weighted by molar-refractivity contribution is -0.146. The molecule has 0 aliphatic rings. The van der Waals surface area contributed by atoms with E-state index in [9.17, 15) is 4.79 Å². The van der Waals surface area contributed by atoms with Crippen LogP contribution in [0.3, 0.4) is 0 Å². The van der Waals surface area contributed by atoms with Crippen molar-refractivity contribution in [1.29, 1.82) is 0 Å². The molecular weight excluding hydrogens is 216 g/mol. The third-order valence-corrected chi connectivity index (χ3v) is 1.76. The van der Waals surface area contributed by atoms with Gasteiger partial charge in [0.2, 0.25) is 5.76 Å². The van der Waals surface area contributed by atoms with Crippen LogP contribution in [0, 0.1) is 5.92 Å². The van der Waals surface area contributed by atoms with Crippen LogP contribution in [0.2, 0.25) is 0 Å². The van der Waals surface area contributed by atoms with E-state index in [1.54, 1.807) is 6.08 Å². The van der Waals surface area contributed by atoms with Gasteiger partial charge in [0.15, 0.2) is 0 Å². The molecule has 0 saturated carbocycles. The van der Waals surface area contributed by atoms with Gasteiger partial charge >= 0.3 is 5.97 Å². The predicted octanol–water partition coefficient (Wildman–Crippen LogP) is 3.46. The highest BCUT2D eigenvalue weighted by Gasteiger charge is 2.14. The van der Waals surface area contributed by atoms with Gasteiger partial charge in [-0.2, -0.15) is 0 Å². The number of ether oxygens (including phenoxy) is 2. The molecule has 0 saturated heterocycles. The Morgan fingerprint density at radius 3 is 2.18 bits per heavy atom. The summed E-state index contributed by atoms with van der Waals surface area (Å²) >= 11 is 0. The molecule has 0 unspecified atom stereocenters. The molecule has 0 amide bonds. The summed E-state index contributed by atoms with van der Waals surface area (Å²) in [5, 5.41) is 0. The minimum atomic E-state index is -0.393. The second-order valence-corrected chi connectivity index (χ2v) is 4.82. The first-order valence-corrected chi connectivity index (χ1v) is 6.02. The van der Waals surface area contributed by atoms with Crippen molar-refractivity contribution in [3.05, 3.63) is 23.5 Å². The Morgan fingerprint density at radius 1 is 1.18 bits per heavy atom. The zero-order chi connectivity index (χ0) is 13.4. The summed E-state index contributed by atoms with van der Waals surface area (Å²) in [6.45, 7) is 12.0. The largest absolute Gasteiger partial charge is 0.483 e. The first-order chi connectivity index (χ1) is 7.82. The normalized spacial score (nSPS) is 11.6. The van der Waals surface area contributed by atoms with Crippen molar-refractivity contribution in [1.82, 2.24) is 0 Å². The van der Waals surface area contributed by atoms with E-state index in [-0.39, 0.29) is 12.0 Å². The van der Waals surface area contributed by atoms with Gasteiger partial charge < -0.3 is 9.47 Å². The van der Waals surface area contributed by atoms with E-state index in [2.05, 4.69) is 0 Å². The van der Waals surface area contributed by atoms with Crippen molar-refractivity contribution in [3.8, 4) is 0 Å². The molecule has 0 heterocycles. The van der Waals surface area contributed by atoms with E-state index < -0.39 is 5.97 Å². The highest BCUT2D eigenvalue weighted by atomic mass is 16.6. The Balaban J connectivity index is 4.55. The second kappa shape index (κ2) is 7.93. The minimum Gasteiger partial charge on any atom is -0.483 e. The zero-order valence-corrected chi connectivity index (χ0v) is 11.7. The highest BCUT2D eigenvalue weighted by molar-refractivity contribution is 5.86. The van der Waals surface area contributed by atoms with E-state index in [0.29, 0.717) is 12.4 Å². The fourth-order valence-electron chi connectivity index (χ4n) is 1.05. The molecule has 17 heavy (non-hydrogen) atoms. The SMILES string of the molecule is CC(C)=CCO/C(=C\C(C)C)C(=O)OC(C)C. The average molecular weight is 240 g/mol. The van der Waals surface area contributed by atoms with Crippen LogP contribution in [0.5, 0.6) is 0 Å². The van der Waals surface area contributed by atoms with Gasteiger partial charge in [0.05, 0.1) is 6.10 Å². The standard InChI is InChI=1S/C14H24O3/c1-10(2)7-8-16-13(9-11(3)4)14(15)17-12(5)6/h7,9,11-12H,8H2,1-6H3/b13-9-. The monoisotopic (exact) mass is 240 g/mol. The first kappa shape index (κ1) is 15.8. The minimum absolute atomic E-state index is 0.134. The van der Waals surface area contributed by atoms with Gasteiger partial charge in [-0.25, -0.2) is 4.79 Å². The predicted molar refractivity (Wildman–Crippen MR) is 69.5 cm³/mol. The number of esters is 1. The van der Waals surface area contributed by atoms with Gasteiger partial charge in [0.25, 0.3) is 0 Å². The maximum atomic E-state index is 11.7. The van der Waals surface area contributed by atoms with Crippen LogP contribution in [-0.4, -0.2) is 18.7 Å². The number of allylic oxidation sites excluding steroid dienone is 2. The van der Waals surface area contributed by atoms with Gasteiger partial charge in [-0.1, -0.05) is 19.4 Å². The molecule has 0 atom stereocenters. The average Bonchev–Trinajstić information content (AvgIpc) is 2.13. The van der Waals surface area contributed by atoms with Crippen LogP contribution in [-0.2, 0) is 14.3 Å². The van der Waals surface area contributed by atoms with E-state index >= 15 is 0 Å². The number of hydrogen-bond donors (Lipinski definition) is 0. The van der Waals surface area contributed by atoms with Crippen LogP contribution in [0.4, 0.5) is 0 Å². The Bertz CT molecular complexity index is 295. The molecule has 0 spiro atoms. The number of carbonyl (C=O) groups excluding carboxylic acids is 1. The summed E-state index contributed by atoms with van der Waals surface area (Å²) in [5.74, 6) is 0.151. The zero-order valence-electron chi connectivity index (χ0n) is 11.7. The molecule has 3 heteroatoms. The van der Waals surface area contributed by atoms with Crippen molar-refractivity contribution in [2.75, 3.05) is 6.61 Å². The highest BCUT2D eigenvalue weighted by Crippen LogP contribution is 2.08. The van der Waals surface area contributed by atoms with Crippen LogP contribution in [0.15, 0.2) is 23.5 Å². The second-order valence-electron chi connectivity index (χ2n) is 4.82. The molecule has 0 N–H and O–H groups in total. The summed E-state index contributed by atoms with van der Waals surface area (Å²) in [6.07, 6.45) is 3.57. The summed E-state index contributed by atoms with van der Waals surface area (Å²) in [6, 6.07) is 0. The van der Waals surface area contributed by atoms with E-state index in [1.165, 1.54) is 0 Å². The molecule has 0 radical (unpaired) electrons. The lowest BCUT2D eigenvalue weighted by Crippen LogP contribution is -2.16. The smallest absolute Gasteiger partial charge is 0.373 e. The van der Waals surface area contributed by atoms with Gasteiger partial charge in [-0.15, -0.1) is 0 Å². The van der Waals surface area contributed by atoms with Crippen molar-refractivity contribution in [3.63, 3.8) is 0 Å². The summed E-state index contributed by atoms with van der Waals surface area (Å²) in [5.41, 5.74) is 1.16. The molecular formula is C14H24O3. The van der Waals surface area contributed by atoms with Crippen LogP contribution in [0.25, 0.3) is 0 Å². The lowest BCUT2D eigenvalue weighted by atomic mass is 10.2. The van der Waals surface area contributed by atoms with Crippen LogP contribution < -0.4 is 0 Å². The quantitative estimate of drug-likeness (QED) is 0.309. The molecule has 98 valence electrons. The maximum absolute atomic E-state index is 11.7. The van der Waals surface area contributed by atoms with Crippen molar-refractivity contribution < 1.29 is 14.3 Å². The van der Waals surface area contributed by atoms with Crippen LogP contribution >= 0.6 is 0 Å². The number of hydrogen-bond acceptors (Lipinski definition) is 3. The molecule has 0 aliphatic carbocycles. The van der Waals surface area contributed by atoms with E-state index in [4.69, 9.17) is 9.47 Å². The maximum Gasteiger partial charge on any atom is 0.373 e. The number of rotatable bonds is 6. The van der Waals surface area contributed by atoms with Crippen molar-refractivity contribution >= 4 is 5.97 Å². The van der Waals surface area contributed by atoms with Gasteiger partial charge in [0.1, 0.15) is 6.61 Å².